The summed E-state index contributed by atoms with van der Waals surface area (Å²) in [6.07, 6.45) is 3.35. The lowest BCUT2D eigenvalue weighted by Crippen LogP contribution is -2.31. The molecule has 2 unspecified atom stereocenters. The number of rotatable bonds is 6. The largest absolute Gasteiger partial charge is 0.496 e. The summed E-state index contributed by atoms with van der Waals surface area (Å²) in [6.45, 7) is 16.6. The van der Waals surface area contributed by atoms with Gasteiger partial charge in [0.25, 0.3) is 0 Å². The summed E-state index contributed by atoms with van der Waals surface area (Å²) in [5.74, 6) is 2.17. The van der Waals surface area contributed by atoms with Crippen molar-refractivity contribution >= 4 is 0 Å². The second-order valence-electron chi connectivity index (χ2n) is 12.4. The van der Waals surface area contributed by atoms with Gasteiger partial charge in [-0.2, -0.15) is 0 Å². The van der Waals surface area contributed by atoms with E-state index in [0.29, 0.717) is 5.92 Å². The zero-order chi connectivity index (χ0) is 26.3. The molecule has 2 nitrogen and oxygen atoms in total. The molecule has 0 spiro atoms. The first-order valence-corrected chi connectivity index (χ1v) is 13.4. The zero-order valence-corrected chi connectivity index (χ0v) is 23.8. The molecule has 0 N–H and O–H groups in total. The van der Waals surface area contributed by atoms with Gasteiger partial charge in [-0.1, -0.05) is 97.0 Å². The van der Waals surface area contributed by atoms with E-state index in [1.54, 1.807) is 14.2 Å². The van der Waals surface area contributed by atoms with Crippen molar-refractivity contribution in [1.82, 2.24) is 0 Å². The van der Waals surface area contributed by atoms with Crippen LogP contribution in [0.5, 0.6) is 11.5 Å². The van der Waals surface area contributed by atoms with Gasteiger partial charge >= 0.3 is 0 Å². The Labute approximate surface area is 219 Å². The smallest absolute Gasteiger partial charge is 0.127 e. The second kappa shape index (κ2) is 9.61. The molecule has 0 heterocycles. The average Bonchev–Trinajstić information content (AvgIpc) is 2.95. The van der Waals surface area contributed by atoms with E-state index in [1.165, 1.54) is 22.3 Å². The lowest BCUT2D eigenvalue weighted by molar-refractivity contribution is 0.320. The SMILES string of the molecule is CCC(C)(c1cccc(OC)c1-c1ccccc1OC)C1CCC(C)(C)c2cc1cc(C(C)(C)C)c2. The fraction of sp³-hybridized carbons (Fsp3) is 0.471. The van der Waals surface area contributed by atoms with Crippen LogP contribution in [-0.4, -0.2) is 14.2 Å². The maximum absolute atomic E-state index is 5.98. The third-order valence-corrected chi connectivity index (χ3v) is 8.80. The van der Waals surface area contributed by atoms with Crippen molar-refractivity contribution in [2.24, 2.45) is 0 Å². The molecule has 0 aliphatic heterocycles. The van der Waals surface area contributed by atoms with Crippen molar-refractivity contribution in [2.75, 3.05) is 14.2 Å². The molecule has 2 atom stereocenters. The van der Waals surface area contributed by atoms with Gasteiger partial charge in [0.2, 0.25) is 0 Å². The van der Waals surface area contributed by atoms with Crippen LogP contribution in [0.1, 0.15) is 95.9 Å². The summed E-state index contributed by atoms with van der Waals surface area (Å²) in [5.41, 5.74) is 8.13. The predicted molar refractivity (Wildman–Crippen MR) is 153 cm³/mol. The summed E-state index contributed by atoms with van der Waals surface area (Å²) < 4.78 is 11.8. The van der Waals surface area contributed by atoms with Crippen LogP contribution in [0.4, 0.5) is 0 Å². The van der Waals surface area contributed by atoms with Crippen LogP contribution in [0.3, 0.4) is 0 Å². The number of benzene rings is 3. The first-order chi connectivity index (χ1) is 17.0. The quantitative estimate of drug-likeness (QED) is 0.347. The van der Waals surface area contributed by atoms with Crippen molar-refractivity contribution < 1.29 is 9.47 Å². The molecule has 0 radical (unpaired) electrons. The standard InChI is InChI=1S/C34H44O2/c1-10-34(7,27-18-19-33(5,6)25-21-23(27)20-24(22-25)32(2,3)4)28-15-13-17-30(36-9)31(28)26-14-11-12-16-29(26)35-8/h11-17,20-22,27H,10,18-19H2,1-9H3. The molecule has 0 saturated heterocycles. The topological polar surface area (TPSA) is 18.5 Å². The maximum atomic E-state index is 5.98. The molecule has 2 bridgehead atoms. The molecular weight excluding hydrogens is 440 g/mol. The van der Waals surface area contributed by atoms with Crippen molar-refractivity contribution in [3.63, 3.8) is 0 Å². The number of methoxy groups -OCH3 is 2. The fourth-order valence-corrected chi connectivity index (χ4v) is 6.11. The van der Waals surface area contributed by atoms with E-state index in [2.05, 4.69) is 97.0 Å². The minimum Gasteiger partial charge on any atom is -0.496 e. The van der Waals surface area contributed by atoms with Crippen LogP contribution in [-0.2, 0) is 16.2 Å². The van der Waals surface area contributed by atoms with Crippen molar-refractivity contribution in [1.29, 1.82) is 0 Å². The third kappa shape index (κ3) is 4.56. The lowest BCUT2D eigenvalue weighted by atomic mass is 9.64. The van der Waals surface area contributed by atoms with E-state index < -0.39 is 0 Å². The first kappa shape index (κ1) is 26.3. The van der Waals surface area contributed by atoms with Gasteiger partial charge in [0.15, 0.2) is 0 Å². The van der Waals surface area contributed by atoms with Gasteiger partial charge in [0.05, 0.1) is 14.2 Å². The lowest BCUT2D eigenvalue weighted by Gasteiger charge is -2.40. The van der Waals surface area contributed by atoms with Crippen LogP contribution < -0.4 is 9.47 Å². The average molecular weight is 485 g/mol. The highest BCUT2D eigenvalue weighted by atomic mass is 16.5. The molecule has 0 aromatic heterocycles. The Kier molecular flexibility index (Phi) is 7.03. The highest BCUT2D eigenvalue weighted by Crippen LogP contribution is 2.53. The van der Waals surface area contributed by atoms with Crippen LogP contribution in [0.2, 0.25) is 0 Å². The molecule has 36 heavy (non-hydrogen) atoms. The minimum absolute atomic E-state index is 0.0844. The Morgan fingerprint density at radius 3 is 2.17 bits per heavy atom. The highest BCUT2D eigenvalue weighted by Gasteiger charge is 2.41. The Morgan fingerprint density at radius 2 is 1.53 bits per heavy atom. The molecule has 2 heteroatoms. The Bertz CT molecular complexity index is 1230. The Balaban J connectivity index is 1.98. The van der Waals surface area contributed by atoms with E-state index >= 15 is 0 Å². The molecule has 3 aromatic rings. The van der Waals surface area contributed by atoms with Gasteiger partial charge in [-0.05, 0) is 75.8 Å². The maximum Gasteiger partial charge on any atom is 0.127 e. The normalized spacial score (nSPS) is 18.8. The van der Waals surface area contributed by atoms with E-state index in [1.807, 2.05) is 12.1 Å². The molecule has 0 saturated carbocycles. The molecular formula is C34H44O2. The summed E-state index contributed by atoms with van der Waals surface area (Å²) in [6, 6.07) is 22.3. The summed E-state index contributed by atoms with van der Waals surface area (Å²) >= 11 is 0. The van der Waals surface area contributed by atoms with Crippen molar-refractivity contribution in [3.05, 3.63) is 82.9 Å². The first-order valence-electron chi connectivity index (χ1n) is 13.4. The number of ether oxygens (including phenoxy) is 2. The number of para-hydroxylation sites is 1. The monoisotopic (exact) mass is 484 g/mol. The third-order valence-electron chi connectivity index (χ3n) is 8.80. The van der Waals surface area contributed by atoms with Crippen LogP contribution in [0.25, 0.3) is 11.1 Å². The summed E-state index contributed by atoms with van der Waals surface area (Å²) in [7, 11) is 3.52. The molecule has 1 aliphatic rings. The summed E-state index contributed by atoms with van der Waals surface area (Å²) in [5, 5.41) is 0. The van der Waals surface area contributed by atoms with Crippen molar-refractivity contribution in [2.45, 2.75) is 89.9 Å². The molecule has 0 fully saturated rings. The number of hydrogen-bond donors (Lipinski definition) is 0. The van der Waals surface area contributed by atoms with E-state index in [-0.39, 0.29) is 16.2 Å². The second-order valence-corrected chi connectivity index (χ2v) is 12.4. The number of fused-ring (bicyclic) bond motifs is 2. The van der Waals surface area contributed by atoms with E-state index in [4.69, 9.17) is 9.47 Å². The highest BCUT2D eigenvalue weighted by molar-refractivity contribution is 5.80. The molecule has 1 aliphatic carbocycles. The zero-order valence-electron chi connectivity index (χ0n) is 23.8. The number of hydrogen-bond acceptors (Lipinski definition) is 2. The Morgan fingerprint density at radius 1 is 0.861 bits per heavy atom. The molecule has 3 aromatic carbocycles. The predicted octanol–water partition coefficient (Wildman–Crippen LogP) is 9.19. The Hall–Kier alpha value is -2.74. The van der Waals surface area contributed by atoms with Gasteiger partial charge in [-0.25, -0.2) is 0 Å². The summed E-state index contributed by atoms with van der Waals surface area (Å²) in [4.78, 5) is 0. The van der Waals surface area contributed by atoms with Gasteiger partial charge in [0.1, 0.15) is 11.5 Å². The van der Waals surface area contributed by atoms with Gasteiger partial charge in [-0.15, -0.1) is 0 Å². The van der Waals surface area contributed by atoms with Crippen molar-refractivity contribution in [3.8, 4) is 22.6 Å². The minimum atomic E-state index is -0.0844. The van der Waals surface area contributed by atoms with Gasteiger partial charge in [0, 0.05) is 11.1 Å². The molecule has 0 amide bonds. The van der Waals surface area contributed by atoms with Crippen LogP contribution in [0.15, 0.2) is 60.7 Å². The molecule has 4 rings (SSSR count). The van der Waals surface area contributed by atoms with Gasteiger partial charge in [-0.3, -0.25) is 0 Å². The molecule has 192 valence electrons. The van der Waals surface area contributed by atoms with Crippen LogP contribution >= 0.6 is 0 Å². The van der Waals surface area contributed by atoms with E-state index in [0.717, 1.165) is 41.9 Å². The van der Waals surface area contributed by atoms with Crippen LogP contribution in [0, 0.1) is 0 Å². The van der Waals surface area contributed by atoms with Gasteiger partial charge < -0.3 is 9.47 Å². The fourth-order valence-electron chi connectivity index (χ4n) is 6.11. The van der Waals surface area contributed by atoms with E-state index in [9.17, 15) is 0 Å².